The number of methoxy groups -OCH3 is 1. The Labute approximate surface area is 152 Å². The number of nitrogens with zero attached hydrogens (tertiary/aromatic N) is 4. The van der Waals surface area contributed by atoms with Crippen LogP contribution in [0.15, 0.2) is 53.2 Å². The van der Waals surface area contributed by atoms with E-state index in [0.717, 1.165) is 49.7 Å². The van der Waals surface area contributed by atoms with Gasteiger partial charge in [-0.15, -0.1) is 10.2 Å². The number of piperidine rings is 1. The van der Waals surface area contributed by atoms with E-state index in [4.69, 9.17) is 9.15 Å². The van der Waals surface area contributed by atoms with Crippen LogP contribution in [0.4, 0.5) is 0 Å². The van der Waals surface area contributed by atoms with Crippen molar-refractivity contribution in [1.82, 2.24) is 20.1 Å². The molecule has 6 heteroatoms. The largest absolute Gasteiger partial charge is 0.496 e. The molecule has 26 heavy (non-hydrogen) atoms. The van der Waals surface area contributed by atoms with Gasteiger partial charge in [-0.3, -0.25) is 9.88 Å². The fourth-order valence-electron chi connectivity index (χ4n) is 3.42. The number of rotatable bonds is 5. The molecule has 0 N–H and O–H groups in total. The first-order valence-corrected chi connectivity index (χ1v) is 8.91. The van der Waals surface area contributed by atoms with Crippen LogP contribution in [0.3, 0.4) is 0 Å². The van der Waals surface area contributed by atoms with Gasteiger partial charge in [0.15, 0.2) is 0 Å². The third-order valence-electron chi connectivity index (χ3n) is 4.89. The van der Waals surface area contributed by atoms with Crippen LogP contribution in [0.25, 0.3) is 11.5 Å². The average molecular weight is 350 g/mol. The molecule has 1 saturated heterocycles. The summed E-state index contributed by atoms with van der Waals surface area (Å²) in [5.41, 5.74) is 2.14. The van der Waals surface area contributed by atoms with Crippen molar-refractivity contribution in [2.75, 3.05) is 20.2 Å². The third-order valence-corrected chi connectivity index (χ3v) is 4.89. The summed E-state index contributed by atoms with van der Waals surface area (Å²) >= 11 is 0. The minimum Gasteiger partial charge on any atom is -0.496 e. The van der Waals surface area contributed by atoms with E-state index in [1.165, 1.54) is 5.56 Å². The number of ether oxygens (including phenoxy) is 1. The summed E-state index contributed by atoms with van der Waals surface area (Å²) in [5, 5.41) is 8.47. The predicted molar refractivity (Wildman–Crippen MR) is 97.8 cm³/mol. The Morgan fingerprint density at radius 1 is 1.08 bits per heavy atom. The standard InChI is InChI=1S/C20H22N4O2/c1-25-18-5-3-2-4-17(18)14-24-12-8-16(9-13-24)20-23-22-19(26-20)15-6-10-21-11-7-15/h2-7,10-11,16H,8-9,12-14H2,1H3. The van der Waals surface area contributed by atoms with Gasteiger partial charge in [-0.25, -0.2) is 0 Å². The lowest BCUT2D eigenvalue weighted by Crippen LogP contribution is -2.32. The highest BCUT2D eigenvalue weighted by atomic mass is 16.5. The van der Waals surface area contributed by atoms with Gasteiger partial charge >= 0.3 is 0 Å². The van der Waals surface area contributed by atoms with Crippen LogP contribution in [-0.2, 0) is 6.54 Å². The number of hydrogen-bond acceptors (Lipinski definition) is 6. The molecular formula is C20H22N4O2. The first kappa shape index (κ1) is 16.7. The summed E-state index contributed by atoms with van der Waals surface area (Å²) in [6.07, 6.45) is 5.51. The molecule has 1 aromatic carbocycles. The van der Waals surface area contributed by atoms with E-state index in [2.05, 4.69) is 32.2 Å². The Morgan fingerprint density at radius 3 is 2.62 bits per heavy atom. The molecule has 0 saturated carbocycles. The minimum atomic E-state index is 0.326. The Balaban J connectivity index is 1.37. The number of likely N-dealkylation sites (tertiary alicyclic amines) is 1. The molecule has 1 aliphatic heterocycles. The summed E-state index contributed by atoms with van der Waals surface area (Å²) < 4.78 is 11.4. The van der Waals surface area contributed by atoms with Crippen LogP contribution in [-0.4, -0.2) is 40.3 Å². The molecule has 0 bridgehead atoms. The molecule has 4 rings (SSSR count). The zero-order valence-electron chi connectivity index (χ0n) is 14.8. The lowest BCUT2D eigenvalue weighted by molar-refractivity contribution is 0.191. The lowest BCUT2D eigenvalue weighted by Gasteiger charge is -2.30. The van der Waals surface area contributed by atoms with Crippen molar-refractivity contribution < 1.29 is 9.15 Å². The van der Waals surface area contributed by atoms with Crippen LogP contribution in [0.5, 0.6) is 5.75 Å². The Hall–Kier alpha value is -2.73. The van der Waals surface area contributed by atoms with Gasteiger partial charge in [0.1, 0.15) is 5.75 Å². The van der Waals surface area contributed by atoms with Crippen LogP contribution >= 0.6 is 0 Å². The van der Waals surface area contributed by atoms with E-state index in [1.54, 1.807) is 19.5 Å². The molecule has 1 aliphatic rings. The van der Waals surface area contributed by atoms with Gasteiger partial charge in [0.05, 0.1) is 7.11 Å². The topological polar surface area (TPSA) is 64.3 Å². The second kappa shape index (κ2) is 7.66. The maximum Gasteiger partial charge on any atom is 0.247 e. The highest BCUT2D eigenvalue weighted by molar-refractivity contribution is 5.50. The smallest absolute Gasteiger partial charge is 0.247 e. The molecule has 0 aliphatic carbocycles. The van der Waals surface area contributed by atoms with Gasteiger partial charge in [-0.2, -0.15) is 0 Å². The van der Waals surface area contributed by atoms with Gasteiger partial charge in [-0.1, -0.05) is 18.2 Å². The molecule has 0 radical (unpaired) electrons. The molecule has 6 nitrogen and oxygen atoms in total. The predicted octanol–water partition coefficient (Wildman–Crippen LogP) is 3.52. The summed E-state index contributed by atoms with van der Waals surface area (Å²) in [6.45, 7) is 2.92. The highest BCUT2D eigenvalue weighted by Crippen LogP contribution is 2.30. The van der Waals surface area contributed by atoms with Crippen molar-refractivity contribution in [3.63, 3.8) is 0 Å². The summed E-state index contributed by atoms with van der Waals surface area (Å²) in [4.78, 5) is 6.47. The molecular weight excluding hydrogens is 328 g/mol. The summed E-state index contributed by atoms with van der Waals surface area (Å²) in [7, 11) is 1.72. The maximum atomic E-state index is 5.91. The van der Waals surface area contributed by atoms with E-state index in [9.17, 15) is 0 Å². The van der Waals surface area contributed by atoms with Gasteiger partial charge < -0.3 is 9.15 Å². The number of pyridine rings is 1. The van der Waals surface area contributed by atoms with Crippen LogP contribution in [0.1, 0.15) is 30.2 Å². The molecule has 3 heterocycles. The summed E-state index contributed by atoms with van der Waals surface area (Å²) in [6, 6.07) is 12.0. The van der Waals surface area contributed by atoms with E-state index in [1.807, 2.05) is 24.3 Å². The van der Waals surface area contributed by atoms with Crippen molar-refractivity contribution in [2.45, 2.75) is 25.3 Å². The molecule has 134 valence electrons. The van der Waals surface area contributed by atoms with Crippen molar-refractivity contribution in [3.05, 3.63) is 60.2 Å². The van der Waals surface area contributed by atoms with Gasteiger partial charge in [-0.05, 0) is 44.1 Å². The van der Waals surface area contributed by atoms with Crippen molar-refractivity contribution in [2.24, 2.45) is 0 Å². The average Bonchev–Trinajstić information content (AvgIpc) is 3.20. The third kappa shape index (κ3) is 3.60. The summed E-state index contributed by atoms with van der Waals surface area (Å²) in [5.74, 6) is 2.59. The van der Waals surface area contributed by atoms with Gasteiger partial charge in [0.25, 0.3) is 0 Å². The van der Waals surface area contributed by atoms with Crippen LogP contribution < -0.4 is 4.74 Å². The van der Waals surface area contributed by atoms with Crippen LogP contribution in [0, 0.1) is 0 Å². The molecule has 0 unspecified atom stereocenters. The molecule has 2 aromatic heterocycles. The number of benzene rings is 1. The Morgan fingerprint density at radius 2 is 1.85 bits per heavy atom. The molecule has 0 spiro atoms. The van der Waals surface area contributed by atoms with Crippen LogP contribution in [0.2, 0.25) is 0 Å². The maximum absolute atomic E-state index is 5.91. The van der Waals surface area contributed by atoms with E-state index >= 15 is 0 Å². The zero-order chi connectivity index (χ0) is 17.8. The fourth-order valence-corrected chi connectivity index (χ4v) is 3.42. The Bertz CT molecular complexity index is 842. The van der Waals surface area contributed by atoms with Gasteiger partial charge in [0, 0.05) is 36.0 Å². The lowest BCUT2D eigenvalue weighted by atomic mass is 9.96. The van der Waals surface area contributed by atoms with Crippen molar-refractivity contribution in [3.8, 4) is 17.2 Å². The molecule has 0 amide bonds. The Kier molecular flexibility index (Phi) is 4.93. The molecule has 0 atom stereocenters. The number of para-hydroxylation sites is 1. The van der Waals surface area contributed by atoms with E-state index in [0.29, 0.717) is 11.8 Å². The van der Waals surface area contributed by atoms with Crippen molar-refractivity contribution >= 4 is 0 Å². The van der Waals surface area contributed by atoms with E-state index in [-0.39, 0.29) is 0 Å². The fraction of sp³-hybridized carbons (Fsp3) is 0.350. The van der Waals surface area contributed by atoms with E-state index < -0.39 is 0 Å². The first-order valence-electron chi connectivity index (χ1n) is 8.91. The monoisotopic (exact) mass is 350 g/mol. The number of hydrogen-bond donors (Lipinski definition) is 0. The second-order valence-electron chi connectivity index (χ2n) is 6.54. The second-order valence-corrected chi connectivity index (χ2v) is 6.54. The van der Waals surface area contributed by atoms with Gasteiger partial charge in [0.2, 0.25) is 11.8 Å². The quantitative estimate of drug-likeness (QED) is 0.701. The van der Waals surface area contributed by atoms with Crippen molar-refractivity contribution in [1.29, 1.82) is 0 Å². The SMILES string of the molecule is COc1ccccc1CN1CCC(c2nnc(-c3ccncc3)o2)CC1. The highest BCUT2D eigenvalue weighted by Gasteiger charge is 2.25. The molecule has 3 aromatic rings. The number of aromatic nitrogens is 3. The minimum absolute atomic E-state index is 0.326. The first-order chi connectivity index (χ1) is 12.8. The zero-order valence-corrected chi connectivity index (χ0v) is 14.8. The normalized spacial score (nSPS) is 15.9. The molecule has 1 fully saturated rings.